The number of aliphatic carboxylic acids is 1. The van der Waals surface area contributed by atoms with Crippen LogP contribution in [0, 0.1) is 0 Å². The number of aryl methyl sites for hydroxylation is 2. The fraction of sp³-hybridized carbons (Fsp3) is 0.167. The van der Waals surface area contributed by atoms with E-state index in [0.717, 1.165) is 22.7 Å². The number of imidazole rings is 1. The molecule has 5 heteroatoms. The van der Waals surface area contributed by atoms with Gasteiger partial charge in [-0.15, -0.1) is 0 Å². The Kier molecular flexibility index (Phi) is 2.59. The maximum Gasteiger partial charge on any atom is 0.328 e. The quantitative estimate of drug-likeness (QED) is 0.785. The third-order valence-corrected chi connectivity index (χ3v) is 2.71. The summed E-state index contributed by atoms with van der Waals surface area (Å²) in [5.41, 5.74) is 2.26. The third kappa shape index (κ3) is 1.87. The van der Waals surface area contributed by atoms with Crippen LogP contribution in [0.15, 0.2) is 29.1 Å². The summed E-state index contributed by atoms with van der Waals surface area (Å²) in [5, 5.41) is 8.54. The number of carboxylic acids is 1. The molecule has 17 heavy (non-hydrogen) atoms. The van der Waals surface area contributed by atoms with Crippen LogP contribution in [0.4, 0.5) is 0 Å². The molecule has 0 radical (unpaired) electrons. The lowest BCUT2D eigenvalue weighted by molar-refractivity contribution is -0.131. The van der Waals surface area contributed by atoms with Crippen molar-refractivity contribution in [2.24, 2.45) is 14.1 Å². The van der Waals surface area contributed by atoms with Crippen LogP contribution in [-0.2, 0) is 18.9 Å². The molecule has 0 atom stereocenters. The Morgan fingerprint density at radius 1 is 1.24 bits per heavy atom. The maximum absolute atomic E-state index is 11.7. The van der Waals surface area contributed by atoms with Gasteiger partial charge in [-0.05, 0) is 23.8 Å². The summed E-state index contributed by atoms with van der Waals surface area (Å²) < 4.78 is 3.09. The number of hydrogen-bond acceptors (Lipinski definition) is 2. The first-order chi connectivity index (χ1) is 8.00. The summed E-state index contributed by atoms with van der Waals surface area (Å²) in [4.78, 5) is 22.1. The summed E-state index contributed by atoms with van der Waals surface area (Å²) in [6.45, 7) is 0. The fourth-order valence-corrected chi connectivity index (χ4v) is 1.80. The first-order valence-corrected chi connectivity index (χ1v) is 5.07. The number of nitrogens with zero attached hydrogens (tertiary/aromatic N) is 2. The molecular weight excluding hydrogens is 220 g/mol. The van der Waals surface area contributed by atoms with Crippen molar-refractivity contribution in [1.82, 2.24) is 9.13 Å². The highest BCUT2D eigenvalue weighted by atomic mass is 16.4. The molecular formula is C12H12N2O3. The van der Waals surface area contributed by atoms with Gasteiger partial charge in [0.15, 0.2) is 0 Å². The van der Waals surface area contributed by atoms with E-state index in [1.54, 1.807) is 36.9 Å². The van der Waals surface area contributed by atoms with E-state index in [2.05, 4.69) is 0 Å². The topological polar surface area (TPSA) is 64.2 Å². The zero-order valence-electron chi connectivity index (χ0n) is 9.54. The average Bonchev–Trinajstić information content (AvgIpc) is 2.52. The summed E-state index contributed by atoms with van der Waals surface area (Å²) in [6.07, 6.45) is 2.57. The van der Waals surface area contributed by atoms with Crippen molar-refractivity contribution in [2.75, 3.05) is 0 Å². The van der Waals surface area contributed by atoms with Gasteiger partial charge in [-0.1, -0.05) is 6.07 Å². The van der Waals surface area contributed by atoms with E-state index in [1.165, 1.54) is 10.6 Å². The summed E-state index contributed by atoms with van der Waals surface area (Å²) in [5.74, 6) is -0.993. The number of carboxylic acid groups (broad SMARTS) is 1. The van der Waals surface area contributed by atoms with Crippen molar-refractivity contribution in [3.63, 3.8) is 0 Å². The summed E-state index contributed by atoms with van der Waals surface area (Å²) >= 11 is 0. The third-order valence-electron chi connectivity index (χ3n) is 2.71. The Balaban J connectivity index is 2.62. The Morgan fingerprint density at radius 3 is 2.53 bits per heavy atom. The average molecular weight is 232 g/mol. The lowest BCUT2D eigenvalue weighted by Crippen LogP contribution is -2.19. The van der Waals surface area contributed by atoms with Crippen LogP contribution in [0.3, 0.4) is 0 Å². The molecule has 0 aliphatic heterocycles. The molecule has 1 aromatic heterocycles. The minimum atomic E-state index is -0.993. The number of rotatable bonds is 2. The lowest BCUT2D eigenvalue weighted by atomic mass is 10.2. The van der Waals surface area contributed by atoms with Crippen LogP contribution in [0.25, 0.3) is 17.1 Å². The van der Waals surface area contributed by atoms with Crippen LogP contribution in [-0.4, -0.2) is 20.2 Å². The van der Waals surface area contributed by atoms with Crippen LogP contribution in [0.2, 0.25) is 0 Å². The molecule has 1 aromatic carbocycles. The molecule has 1 N–H and O–H groups in total. The predicted octanol–water partition coefficient (Wildman–Crippen LogP) is 0.975. The number of benzene rings is 1. The maximum atomic E-state index is 11.7. The standard InChI is InChI=1S/C12H12N2O3/c1-13-9-5-3-8(4-6-11(15)16)7-10(9)14(2)12(13)17/h3-7H,1-2H3,(H,15,16)/b6-4+. The van der Waals surface area contributed by atoms with E-state index in [0.29, 0.717) is 0 Å². The van der Waals surface area contributed by atoms with Gasteiger partial charge < -0.3 is 5.11 Å². The molecule has 2 aromatic rings. The minimum absolute atomic E-state index is 0.0978. The van der Waals surface area contributed by atoms with E-state index in [4.69, 9.17) is 5.11 Å². The van der Waals surface area contributed by atoms with Gasteiger partial charge >= 0.3 is 11.7 Å². The SMILES string of the molecule is Cn1c(=O)n(C)c2cc(/C=C/C(=O)O)ccc21. The van der Waals surface area contributed by atoms with Crippen LogP contribution < -0.4 is 5.69 Å². The molecule has 5 nitrogen and oxygen atoms in total. The number of fused-ring (bicyclic) bond motifs is 1. The highest BCUT2D eigenvalue weighted by molar-refractivity contribution is 5.87. The summed E-state index contributed by atoms with van der Waals surface area (Å²) in [7, 11) is 3.40. The van der Waals surface area contributed by atoms with Crippen LogP contribution >= 0.6 is 0 Å². The lowest BCUT2D eigenvalue weighted by Gasteiger charge is -1.97. The predicted molar refractivity (Wildman–Crippen MR) is 64.8 cm³/mol. The van der Waals surface area contributed by atoms with Gasteiger partial charge in [0.05, 0.1) is 11.0 Å². The number of carbonyl (C=O) groups is 1. The fourth-order valence-electron chi connectivity index (χ4n) is 1.80. The molecule has 0 fully saturated rings. The molecule has 2 rings (SSSR count). The molecule has 0 aliphatic carbocycles. The molecule has 0 saturated carbocycles. The second-order valence-electron chi connectivity index (χ2n) is 3.82. The van der Waals surface area contributed by atoms with E-state index >= 15 is 0 Å². The largest absolute Gasteiger partial charge is 0.478 e. The first kappa shape index (κ1) is 11.2. The van der Waals surface area contributed by atoms with E-state index in [9.17, 15) is 9.59 Å². The van der Waals surface area contributed by atoms with Crippen molar-refractivity contribution < 1.29 is 9.90 Å². The Morgan fingerprint density at radius 2 is 1.88 bits per heavy atom. The van der Waals surface area contributed by atoms with Crippen molar-refractivity contribution in [3.8, 4) is 0 Å². The molecule has 0 unspecified atom stereocenters. The first-order valence-electron chi connectivity index (χ1n) is 5.07. The van der Waals surface area contributed by atoms with Gasteiger partial charge in [0, 0.05) is 20.2 Å². The monoisotopic (exact) mass is 232 g/mol. The Hall–Kier alpha value is -2.30. The minimum Gasteiger partial charge on any atom is -0.478 e. The molecule has 0 bridgehead atoms. The molecule has 0 spiro atoms. The van der Waals surface area contributed by atoms with Crippen molar-refractivity contribution in [2.45, 2.75) is 0 Å². The van der Waals surface area contributed by atoms with Crippen molar-refractivity contribution in [3.05, 3.63) is 40.3 Å². The van der Waals surface area contributed by atoms with E-state index < -0.39 is 5.97 Å². The summed E-state index contributed by atoms with van der Waals surface area (Å²) in [6, 6.07) is 5.37. The van der Waals surface area contributed by atoms with Gasteiger partial charge in [-0.25, -0.2) is 9.59 Å². The Labute approximate surface area is 97.2 Å². The molecule has 0 saturated heterocycles. The van der Waals surface area contributed by atoms with Crippen LogP contribution in [0.1, 0.15) is 5.56 Å². The molecule has 0 amide bonds. The Bertz CT molecular complexity index is 677. The van der Waals surface area contributed by atoms with E-state index in [-0.39, 0.29) is 5.69 Å². The molecule has 88 valence electrons. The number of aromatic nitrogens is 2. The van der Waals surface area contributed by atoms with E-state index in [1.807, 2.05) is 0 Å². The smallest absolute Gasteiger partial charge is 0.328 e. The van der Waals surface area contributed by atoms with Gasteiger partial charge in [0.1, 0.15) is 0 Å². The zero-order chi connectivity index (χ0) is 12.6. The number of hydrogen-bond donors (Lipinski definition) is 1. The van der Waals surface area contributed by atoms with Crippen molar-refractivity contribution >= 4 is 23.1 Å². The highest BCUT2D eigenvalue weighted by Crippen LogP contribution is 2.14. The second-order valence-corrected chi connectivity index (χ2v) is 3.82. The molecule has 0 aliphatic rings. The van der Waals surface area contributed by atoms with Gasteiger partial charge in [0.25, 0.3) is 0 Å². The van der Waals surface area contributed by atoms with Gasteiger partial charge in [-0.2, -0.15) is 0 Å². The van der Waals surface area contributed by atoms with Gasteiger partial charge in [0.2, 0.25) is 0 Å². The normalized spacial score (nSPS) is 11.4. The zero-order valence-corrected chi connectivity index (χ0v) is 9.54. The van der Waals surface area contributed by atoms with Crippen LogP contribution in [0.5, 0.6) is 0 Å². The van der Waals surface area contributed by atoms with Gasteiger partial charge in [-0.3, -0.25) is 9.13 Å². The molecule has 1 heterocycles. The second kappa shape index (κ2) is 3.93. The highest BCUT2D eigenvalue weighted by Gasteiger charge is 2.06. The van der Waals surface area contributed by atoms with Crippen molar-refractivity contribution in [1.29, 1.82) is 0 Å².